The predicted octanol–water partition coefficient (Wildman–Crippen LogP) is 4.51. The molecule has 0 spiro atoms. The number of aryl methyl sites for hydroxylation is 1. The van der Waals surface area contributed by atoms with Crippen molar-refractivity contribution in [2.45, 2.75) is 32.1 Å². The molecule has 1 aliphatic rings. The van der Waals surface area contributed by atoms with Crippen LogP contribution in [-0.2, 0) is 19.3 Å². The SMILES string of the molecule is O=C(Nc1ccccc1Cc1nc(-c2cccs2)no1)c1noc2c1CCCC2. The van der Waals surface area contributed by atoms with Crippen molar-refractivity contribution in [1.82, 2.24) is 15.3 Å². The number of para-hydroxylation sites is 1. The first-order valence-corrected chi connectivity index (χ1v) is 10.4. The first-order valence-electron chi connectivity index (χ1n) is 9.51. The Labute approximate surface area is 170 Å². The normalized spacial score (nSPS) is 13.2. The van der Waals surface area contributed by atoms with Crippen molar-refractivity contribution in [3.63, 3.8) is 0 Å². The van der Waals surface area contributed by atoms with Gasteiger partial charge in [-0.1, -0.05) is 34.6 Å². The Morgan fingerprint density at radius 2 is 1.97 bits per heavy atom. The molecule has 5 rings (SSSR count). The summed E-state index contributed by atoms with van der Waals surface area (Å²) < 4.78 is 10.8. The fourth-order valence-electron chi connectivity index (χ4n) is 3.54. The van der Waals surface area contributed by atoms with Gasteiger partial charge in [0.15, 0.2) is 5.69 Å². The number of carbonyl (C=O) groups excluding carboxylic acids is 1. The molecule has 0 aliphatic heterocycles. The first kappa shape index (κ1) is 17.8. The number of benzene rings is 1. The van der Waals surface area contributed by atoms with E-state index in [1.54, 1.807) is 11.3 Å². The van der Waals surface area contributed by atoms with Crippen LogP contribution in [0, 0.1) is 0 Å². The van der Waals surface area contributed by atoms with Crippen molar-refractivity contribution in [3.8, 4) is 10.7 Å². The van der Waals surface area contributed by atoms with Gasteiger partial charge in [0.25, 0.3) is 5.91 Å². The van der Waals surface area contributed by atoms with Crippen LogP contribution in [0.3, 0.4) is 0 Å². The van der Waals surface area contributed by atoms with E-state index in [2.05, 4.69) is 20.6 Å². The zero-order chi connectivity index (χ0) is 19.6. The van der Waals surface area contributed by atoms with Gasteiger partial charge in [0.1, 0.15) is 5.76 Å². The van der Waals surface area contributed by atoms with Crippen LogP contribution in [0.25, 0.3) is 10.7 Å². The second-order valence-electron chi connectivity index (χ2n) is 6.92. The maximum Gasteiger partial charge on any atom is 0.278 e. The highest BCUT2D eigenvalue weighted by Gasteiger charge is 2.24. The Balaban J connectivity index is 1.36. The lowest BCUT2D eigenvalue weighted by atomic mass is 9.96. The summed E-state index contributed by atoms with van der Waals surface area (Å²) in [5, 5.41) is 13.0. The molecule has 1 aromatic carbocycles. The third kappa shape index (κ3) is 3.58. The quantitative estimate of drug-likeness (QED) is 0.524. The summed E-state index contributed by atoms with van der Waals surface area (Å²) in [7, 11) is 0. The minimum atomic E-state index is -0.255. The highest BCUT2D eigenvalue weighted by molar-refractivity contribution is 7.13. The van der Waals surface area contributed by atoms with Gasteiger partial charge in [-0.25, -0.2) is 0 Å². The molecule has 0 bridgehead atoms. The van der Waals surface area contributed by atoms with Crippen molar-refractivity contribution in [3.05, 3.63) is 70.3 Å². The van der Waals surface area contributed by atoms with Crippen LogP contribution in [0.4, 0.5) is 5.69 Å². The third-order valence-electron chi connectivity index (χ3n) is 4.98. The Morgan fingerprint density at radius 3 is 2.86 bits per heavy atom. The number of hydrogen-bond acceptors (Lipinski definition) is 7. The van der Waals surface area contributed by atoms with Crippen LogP contribution in [-0.4, -0.2) is 21.2 Å². The molecule has 8 heteroatoms. The molecule has 3 heterocycles. The number of thiophene rings is 1. The zero-order valence-electron chi connectivity index (χ0n) is 15.6. The van der Waals surface area contributed by atoms with E-state index in [0.29, 0.717) is 29.5 Å². The van der Waals surface area contributed by atoms with Crippen molar-refractivity contribution in [2.75, 3.05) is 5.32 Å². The molecule has 0 atom stereocenters. The number of carbonyl (C=O) groups is 1. The summed E-state index contributed by atoms with van der Waals surface area (Å²) in [5.41, 5.74) is 2.90. The standard InChI is InChI=1S/C21H18N4O3S/c26-21(19-14-7-2-4-9-16(14)27-24-19)22-15-8-3-1-6-13(15)12-18-23-20(25-28-18)17-10-5-11-29-17/h1,3,5-6,8,10-11H,2,4,7,9,12H2,(H,22,26). The average Bonchev–Trinajstić information content (AvgIpc) is 3.49. The van der Waals surface area contributed by atoms with E-state index < -0.39 is 0 Å². The number of aromatic nitrogens is 3. The van der Waals surface area contributed by atoms with Crippen molar-refractivity contribution in [1.29, 1.82) is 0 Å². The van der Waals surface area contributed by atoms with Crippen LogP contribution in [0.1, 0.15) is 46.1 Å². The van der Waals surface area contributed by atoms with E-state index in [1.807, 2.05) is 41.8 Å². The third-order valence-corrected chi connectivity index (χ3v) is 5.85. The molecule has 0 radical (unpaired) electrons. The summed E-state index contributed by atoms with van der Waals surface area (Å²) in [6.07, 6.45) is 4.22. The number of amides is 1. The van der Waals surface area contributed by atoms with E-state index in [4.69, 9.17) is 9.05 Å². The number of nitrogens with one attached hydrogen (secondary N) is 1. The lowest BCUT2D eigenvalue weighted by Gasteiger charge is -2.11. The molecule has 0 fully saturated rings. The Kier molecular flexibility index (Phi) is 4.69. The van der Waals surface area contributed by atoms with E-state index in [1.165, 1.54) is 0 Å². The lowest BCUT2D eigenvalue weighted by molar-refractivity contribution is 0.101. The topological polar surface area (TPSA) is 94.1 Å². The van der Waals surface area contributed by atoms with Crippen molar-refractivity contribution >= 4 is 22.9 Å². The van der Waals surface area contributed by atoms with E-state index >= 15 is 0 Å². The molecule has 1 N–H and O–H groups in total. The highest BCUT2D eigenvalue weighted by Crippen LogP contribution is 2.26. The van der Waals surface area contributed by atoms with E-state index in [-0.39, 0.29) is 5.91 Å². The minimum Gasteiger partial charge on any atom is -0.360 e. The second kappa shape index (κ2) is 7.63. The van der Waals surface area contributed by atoms with Gasteiger partial charge in [0.2, 0.25) is 11.7 Å². The molecular weight excluding hydrogens is 388 g/mol. The number of rotatable bonds is 5. The van der Waals surface area contributed by atoms with E-state index in [9.17, 15) is 4.79 Å². The number of hydrogen-bond donors (Lipinski definition) is 1. The molecule has 0 unspecified atom stereocenters. The maximum atomic E-state index is 12.8. The maximum absolute atomic E-state index is 12.8. The molecule has 146 valence electrons. The van der Waals surface area contributed by atoms with Gasteiger partial charge in [-0.2, -0.15) is 4.98 Å². The van der Waals surface area contributed by atoms with Crippen LogP contribution < -0.4 is 5.32 Å². The summed E-state index contributed by atoms with van der Waals surface area (Å²) in [6.45, 7) is 0. The number of fused-ring (bicyclic) bond motifs is 1. The molecule has 0 saturated carbocycles. The summed E-state index contributed by atoms with van der Waals surface area (Å²) in [6, 6.07) is 11.5. The van der Waals surface area contributed by atoms with Gasteiger partial charge in [-0.05, 0) is 42.3 Å². The van der Waals surface area contributed by atoms with Gasteiger partial charge in [0, 0.05) is 17.7 Å². The fourth-order valence-corrected chi connectivity index (χ4v) is 4.19. The second-order valence-corrected chi connectivity index (χ2v) is 7.86. The summed E-state index contributed by atoms with van der Waals surface area (Å²) in [4.78, 5) is 18.3. The molecule has 0 saturated heterocycles. The smallest absolute Gasteiger partial charge is 0.278 e. The number of nitrogens with zero attached hydrogens (tertiary/aromatic N) is 3. The summed E-state index contributed by atoms with van der Waals surface area (Å²) >= 11 is 1.56. The average molecular weight is 406 g/mol. The highest BCUT2D eigenvalue weighted by atomic mass is 32.1. The fraction of sp³-hybridized carbons (Fsp3) is 0.238. The van der Waals surface area contributed by atoms with Crippen molar-refractivity contribution in [2.24, 2.45) is 0 Å². The monoisotopic (exact) mass is 406 g/mol. The molecule has 1 aliphatic carbocycles. The molecule has 1 amide bonds. The summed E-state index contributed by atoms with van der Waals surface area (Å²) in [5.74, 6) is 1.65. The minimum absolute atomic E-state index is 0.255. The lowest BCUT2D eigenvalue weighted by Crippen LogP contribution is -2.16. The van der Waals surface area contributed by atoms with Gasteiger partial charge in [0.05, 0.1) is 11.3 Å². The molecular formula is C21H18N4O3S. The van der Waals surface area contributed by atoms with Crippen LogP contribution in [0.5, 0.6) is 0 Å². The van der Waals surface area contributed by atoms with E-state index in [0.717, 1.165) is 47.4 Å². The van der Waals surface area contributed by atoms with Crippen LogP contribution in [0.15, 0.2) is 50.8 Å². The predicted molar refractivity (Wildman–Crippen MR) is 108 cm³/mol. The first-order chi connectivity index (χ1) is 14.3. The van der Waals surface area contributed by atoms with Gasteiger partial charge in [-0.15, -0.1) is 11.3 Å². The Morgan fingerprint density at radius 1 is 1.07 bits per heavy atom. The molecule has 7 nitrogen and oxygen atoms in total. The Hall–Kier alpha value is -3.26. The van der Waals surface area contributed by atoms with Crippen molar-refractivity contribution < 1.29 is 13.8 Å². The van der Waals surface area contributed by atoms with Gasteiger partial charge < -0.3 is 14.4 Å². The van der Waals surface area contributed by atoms with Crippen LogP contribution in [0.2, 0.25) is 0 Å². The Bertz CT molecular complexity index is 1150. The van der Waals surface area contributed by atoms with Gasteiger partial charge in [-0.3, -0.25) is 4.79 Å². The van der Waals surface area contributed by atoms with Crippen LogP contribution >= 0.6 is 11.3 Å². The van der Waals surface area contributed by atoms with Gasteiger partial charge >= 0.3 is 0 Å². The molecule has 3 aromatic heterocycles. The number of anilines is 1. The molecule has 4 aromatic rings. The zero-order valence-corrected chi connectivity index (χ0v) is 16.4. The molecule has 29 heavy (non-hydrogen) atoms. The largest absolute Gasteiger partial charge is 0.360 e.